The lowest BCUT2D eigenvalue weighted by Crippen LogP contribution is -2.44. The van der Waals surface area contributed by atoms with E-state index in [0.29, 0.717) is 25.3 Å². The van der Waals surface area contributed by atoms with Crippen molar-refractivity contribution < 1.29 is 19.4 Å². The van der Waals surface area contributed by atoms with E-state index in [-0.39, 0.29) is 18.7 Å². The lowest BCUT2D eigenvalue weighted by molar-refractivity contribution is -0.136. The molecule has 92 valence electrons. The van der Waals surface area contributed by atoms with Gasteiger partial charge in [0, 0.05) is 25.2 Å². The number of carbonyl (C=O) groups excluding carboxylic acids is 1. The summed E-state index contributed by atoms with van der Waals surface area (Å²) in [5, 5.41) is 8.97. The van der Waals surface area contributed by atoms with Crippen LogP contribution in [0.2, 0.25) is 0 Å². The third-order valence-corrected chi connectivity index (χ3v) is 2.59. The van der Waals surface area contributed by atoms with Crippen molar-refractivity contribution in [3.05, 3.63) is 11.6 Å². The number of hydrogen-bond donors (Lipinski definition) is 1. The highest BCUT2D eigenvalue weighted by Crippen LogP contribution is 2.05. The van der Waals surface area contributed by atoms with Gasteiger partial charge in [0.15, 0.2) is 0 Å². The van der Waals surface area contributed by atoms with Gasteiger partial charge in [-0.3, -0.25) is 4.90 Å². The largest absolute Gasteiger partial charge is 0.466 e. The molecule has 1 aliphatic heterocycles. The molecule has 0 bridgehead atoms. The summed E-state index contributed by atoms with van der Waals surface area (Å²) in [6.45, 7) is 4.59. The number of ether oxygens (including phenoxy) is 2. The van der Waals surface area contributed by atoms with Crippen LogP contribution in [0.15, 0.2) is 11.6 Å². The monoisotopic (exact) mass is 229 g/mol. The number of esters is 1. The number of carbonyl (C=O) groups is 1. The molecule has 0 aromatic heterocycles. The summed E-state index contributed by atoms with van der Waals surface area (Å²) < 4.78 is 9.93. The van der Waals surface area contributed by atoms with E-state index in [0.717, 1.165) is 6.54 Å². The van der Waals surface area contributed by atoms with Crippen molar-refractivity contribution in [3.8, 4) is 0 Å². The Bertz CT molecular complexity index is 265. The van der Waals surface area contributed by atoms with Crippen LogP contribution in [0.5, 0.6) is 0 Å². The van der Waals surface area contributed by atoms with Crippen LogP contribution < -0.4 is 0 Å². The van der Waals surface area contributed by atoms with Crippen molar-refractivity contribution in [3.63, 3.8) is 0 Å². The Balaban J connectivity index is 2.39. The molecule has 0 radical (unpaired) electrons. The highest BCUT2D eigenvalue weighted by molar-refractivity contribution is 5.87. The Hall–Kier alpha value is -0.910. The summed E-state index contributed by atoms with van der Waals surface area (Å²) in [6.07, 6.45) is 1.73. The normalized spacial score (nSPS) is 23.2. The first kappa shape index (κ1) is 13.2. The fraction of sp³-hybridized carbons (Fsp3) is 0.727. The first-order valence-corrected chi connectivity index (χ1v) is 5.37. The Morgan fingerprint density at radius 3 is 3.06 bits per heavy atom. The zero-order valence-corrected chi connectivity index (χ0v) is 9.81. The molecule has 1 fully saturated rings. The molecule has 16 heavy (non-hydrogen) atoms. The van der Waals surface area contributed by atoms with Gasteiger partial charge in [-0.15, -0.1) is 0 Å². The molecule has 0 spiro atoms. The van der Waals surface area contributed by atoms with E-state index >= 15 is 0 Å². The van der Waals surface area contributed by atoms with Crippen LogP contribution in [0.4, 0.5) is 0 Å². The standard InChI is InChI=1S/C11H19NO4/c1-9(11(14)15-2)3-4-12-5-6-16-10(7-12)8-13/h3,10,13H,4-8H2,1-2H3. The SMILES string of the molecule is COC(=O)C(C)=CCN1CCOC(CO)C1. The third kappa shape index (κ3) is 3.92. The van der Waals surface area contributed by atoms with Gasteiger partial charge in [0.05, 0.1) is 26.4 Å². The van der Waals surface area contributed by atoms with E-state index < -0.39 is 0 Å². The third-order valence-electron chi connectivity index (χ3n) is 2.59. The Labute approximate surface area is 95.6 Å². The number of methoxy groups -OCH3 is 1. The molecule has 0 aliphatic carbocycles. The van der Waals surface area contributed by atoms with Crippen molar-refractivity contribution in [1.29, 1.82) is 0 Å². The minimum atomic E-state index is -0.299. The number of aliphatic hydroxyl groups excluding tert-OH is 1. The molecule has 0 amide bonds. The van der Waals surface area contributed by atoms with Gasteiger partial charge in [-0.25, -0.2) is 4.79 Å². The fourth-order valence-electron chi connectivity index (χ4n) is 1.57. The maximum absolute atomic E-state index is 11.1. The quantitative estimate of drug-likeness (QED) is 0.534. The van der Waals surface area contributed by atoms with E-state index in [9.17, 15) is 4.79 Å². The summed E-state index contributed by atoms with van der Waals surface area (Å²) in [4.78, 5) is 13.3. The van der Waals surface area contributed by atoms with Crippen LogP contribution in [-0.2, 0) is 14.3 Å². The predicted octanol–water partition coefficient (Wildman–Crippen LogP) is -0.201. The summed E-state index contributed by atoms with van der Waals surface area (Å²) in [6, 6.07) is 0. The minimum Gasteiger partial charge on any atom is -0.466 e. The summed E-state index contributed by atoms with van der Waals surface area (Å²) in [5.41, 5.74) is 0.606. The number of nitrogens with zero attached hydrogens (tertiary/aromatic N) is 1. The predicted molar refractivity (Wildman–Crippen MR) is 59.0 cm³/mol. The van der Waals surface area contributed by atoms with E-state index in [1.54, 1.807) is 6.92 Å². The molecule has 1 aliphatic rings. The van der Waals surface area contributed by atoms with Gasteiger partial charge >= 0.3 is 5.97 Å². The van der Waals surface area contributed by atoms with Gasteiger partial charge < -0.3 is 14.6 Å². The average Bonchev–Trinajstić information content (AvgIpc) is 2.35. The number of rotatable bonds is 4. The van der Waals surface area contributed by atoms with Crippen molar-refractivity contribution in [2.24, 2.45) is 0 Å². The van der Waals surface area contributed by atoms with E-state index in [4.69, 9.17) is 9.84 Å². The average molecular weight is 229 g/mol. The van der Waals surface area contributed by atoms with Crippen molar-refractivity contribution in [2.75, 3.05) is 40.0 Å². The van der Waals surface area contributed by atoms with Crippen LogP contribution in [0, 0.1) is 0 Å². The molecule has 1 N–H and O–H groups in total. The molecule has 1 rings (SSSR count). The molecule has 1 unspecified atom stereocenters. The summed E-state index contributed by atoms with van der Waals surface area (Å²) >= 11 is 0. The Morgan fingerprint density at radius 1 is 1.69 bits per heavy atom. The topological polar surface area (TPSA) is 59.0 Å². The molecule has 5 nitrogen and oxygen atoms in total. The second kappa shape index (κ2) is 6.62. The molecule has 0 aromatic rings. The van der Waals surface area contributed by atoms with Crippen molar-refractivity contribution in [1.82, 2.24) is 4.90 Å². The van der Waals surface area contributed by atoms with Crippen LogP contribution in [-0.4, -0.2) is 62.0 Å². The van der Waals surface area contributed by atoms with Crippen LogP contribution in [0.25, 0.3) is 0 Å². The lowest BCUT2D eigenvalue weighted by Gasteiger charge is -2.31. The molecule has 0 aromatic carbocycles. The number of aliphatic hydroxyl groups is 1. The van der Waals surface area contributed by atoms with Crippen molar-refractivity contribution >= 4 is 5.97 Å². The second-order valence-electron chi connectivity index (χ2n) is 3.81. The van der Waals surface area contributed by atoms with Gasteiger partial charge in [0.2, 0.25) is 0 Å². The first-order valence-electron chi connectivity index (χ1n) is 5.37. The summed E-state index contributed by atoms with van der Waals surface area (Å²) in [7, 11) is 1.37. The van der Waals surface area contributed by atoms with Gasteiger partial charge in [0.1, 0.15) is 0 Å². The maximum atomic E-state index is 11.1. The zero-order chi connectivity index (χ0) is 12.0. The Morgan fingerprint density at radius 2 is 2.44 bits per heavy atom. The van der Waals surface area contributed by atoms with E-state index in [2.05, 4.69) is 9.64 Å². The number of hydrogen-bond acceptors (Lipinski definition) is 5. The maximum Gasteiger partial charge on any atom is 0.333 e. The molecule has 1 saturated heterocycles. The molecule has 1 heterocycles. The molecule has 5 heteroatoms. The molecule has 0 saturated carbocycles. The van der Waals surface area contributed by atoms with Crippen LogP contribution >= 0.6 is 0 Å². The minimum absolute atomic E-state index is 0.0379. The number of morpholine rings is 1. The molecule has 1 atom stereocenters. The van der Waals surface area contributed by atoms with Crippen LogP contribution in [0.1, 0.15) is 6.92 Å². The van der Waals surface area contributed by atoms with Gasteiger partial charge in [-0.1, -0.05) is 6.08 Å². The van der Waals surface area contributed by atoms with E-state index in [1.165, 1.54) is 7.11 Å². The first-order chi connectivity index (χ1) is 7.67. The molecular formula is C11H19NO4. The van der Waals surface area contributed by atoms with Gasteiger partial charge in [-0.05, 0) is 6.92 Å². The second-order valence-corrected chi connectivity index (χ2v) is 3.81. The van der Waals surface area contributed by atoms with Gasteiger partial charge in [-0.2, -0.15) is 0 Å². The van der Waals surface area contributed by atoms with E-state index in [1.807, 2.05) is 6.08 Å². The lowest BCUT2D eigenvalue weighted by atomic mass is 10.2. The smallest absolute Gasteiger partial charge is 0.333 e. The van der Waals surface area contributed by atoms with Crippen LogP contribution in [0.3, 0.4) is 0 Å². The van der Waals surface area contributed by atoms with Crippen molar-refractivity contribution in [2.45, 2.75) is 13.0 Å². The highest BCUT2D eigenvalue weighted by atomic mass is 16.5. The van der Waals surface area contributed by atoms with Gasteiger partial charge in [0.25, 0.3) is 0 Å². The Kier molecular flexibility index (Phi) is 5.45. The fourth-order valence-corrected chi connectivity index (χ4v) is 1.57. The summed E-state index contributed by atoms with van der Waals surface area (Å²) in [5.74, 6) is -0.299. The zero-order valence-electron chi connectivity index (χ0n) is 9.81. The highest BCUT2D eigenvalue weighted by Gasteiger charge is 2.18. The molecular weight excluding hydrogens is 210 g/mol.